The van der Waals surface area contributed by atoms with Crippen LogP contribution in [0.1, 0.15) is 19.8 Å². The second kappa shape index (κ2) is 4.98. The third kappa shape index (κ3) is 2.45. The van der Waals surface area contributed by atoms with Crippen molar-refractivity contribution in [3.05, 3.63) is 24.3 Å². The lowest BCUT2D eigenvalue weighted by molar-refractivity contribution is -0.135. The number of rotatable bonds is 4. The zero-order valence-electron chi connectivity index (χ0n) is 11.7. The first-order valence-electron chi connectivity index (χ1n) is 7.09. The Hall–Kier alpha value is -1.75. The van der Waals surface area contributed by atoms with Crippen molar-refractivity contribution in [2.75, 3.05) is 19.7 Å². The second-order valence-electron chi connectivity index (χ2n) is 5.50. The van der Waals surface area contributed by atoms with Crippen LogP contribution < -0.4 is 15.2 Å². The van der Waals surface area contributed by atoms with E-state index in [0.717, 1.165) is 24.3 Å². The van der Waals surface area contributed by atoms with Crippen molar-refractivity contribution in [2.45, 2.75) is 31.4 Å². The van der Waals surface area contributed by atoms with Gasteiger partial charge in [0.2, 0.25) is 5.91 Å². The molecule has 1 aliphatic carbocycles. The lowest BCUT2D eigenvalue weighted by Crippen LogP contribution is -2.50. The molecule has 1 saturated carbocycles. The van der Waals surface area contributed by atoms with Crippen LogP contribution in [0.3, 0.4) is 0 Å². The van der Waals surface area contributed by atoms with Crippen LogP contribution in [-0.2, 0) is 4.79 Å². The van der Waals surface area contributed by atoms with Crippen LogP contribution in [0.25, 0.3) is 0 Å². The largest absolute Gasteiger partial charge is 0.486 e. The Morgan fingerprint density at radius 2 is 2.10 bits per heavy atom. The predicted molar refractivity (Wildman–Crippen MR) is 74.8 cm³/mol. The summed E-state index contributed by atoms with van der Waals surface area (Å²) < 4.78 is 11.6. The van der Waals surface area contributed by atoms with Crippen LogP contribution in [-0.4, -0.2) is 42.1 Å². The SMILES string of the molecule is CCN(CC1COc2ccccc2O1)C(=O)C1(N)CC1. The van der Waals surface area contributed by atoms with Gasteiger partial charge in [-0.1, -0.05) is 12.1 Å². The summed E-state index contributed by atoms with van der Waals surface area (Å²) in [4.78, 5) is 14.1. The highest BCUT2D eigenvalue weighted by Gasteiger charge is 2.48. The predicted octanol–water partition coefficient (Wildman–Crippen LogP) is 1.17. The maximum Gasteiger partial charge on any atom is 0.242 e. The molecule has 1 amide bonds. The summed E-state index contributed by atoms with van der Waals surface area (Å²) in [5, 5.41) is 0. The Morgan fingerprint density at radius 1 is 1.40 bits per heavy atom. The average molecular weight is 276 g/mol. The molecule has 2 N–H and O–H groups in total. The fraction of sp³-hybridized carbons (Fsp3) is 0.533. The molecule has 1 fully saturated rings. The number of nitrogens with two attached hydrogens (primary N) is 1. The number of nitrogens with zero attached hydrogens (tertiary/aromatic N) is 1. The van der Waals surface area contributed by atoms with Crippen molar-refractivity contribution in [3.8, 4) is 11.5 Å². The number of benzene rings is 1. The van der Waals surface area contributed by atoms with Gasteiger partial charge < -0.3 is 20.1 Å². The maximum absolute atomic E-state index is 12.3. The van der Waals surface area contributed by atoms with E-state index in [1.807, 2.05) is 31.2 Å². The minimum absolute atomic E-state index is 0.0301. The van der Waals surface area contributed by atoms with E-state index in [-0.39, 0.29) is 12.0 Å². The highest BCUT2D eigenvalue weighted by molar-refractivity contribution is 5.89. The number of hydrogen-bond acceptors (Lipinski definition) is 4. The van der Waals surface area contributed by atoms with E-state index < -0.39 is 5.54 Å². The lowest BCUT2D eigenvalue weighted by atomic mass is 10.2. The van der Waals surface area contributed by atoms with Gasteiger partial charge >= 0.3 is 0 Å². The van der Waals surface area contributed by atoms with Gasteiger partial charge in [0.25, 0.3) is 0 Å². The summed E-state index contributed by atoms with van der Waals surface area (Å²) in [6.07, 6.45) is 1.43. The summed E-state index contributed by atoms with van der Waals surface area (Å²) in [6.45, 7) is 3.57. The molecule has 1 heterocycles. The molecule has 5 heteroatoms. The molecule has 1 unspecified atom stereocenters. The molecule has 5 nitrogen and oxygen atoms in total. The topological polar surface area (TPSA) is 64.8 Å². The van der Waals surface area contributed by atoms with Crippen molar-refractivity contribution in [2.24, 2.45) is 5.73 Å². The van der Waals surface area contributed by atoms with E-state index >= 15 is 0 Å². The number of amides is 1. The molecule has 20 heavy (non-hydrogen) atoms. The molecular weight excluding hydrogens is 256 g/mol. The molecule has 108 valence electrons. The maximum atomic E-state index is 12.3. The summed E-state index contributed by atoms with van der Waals surface area (Å²) in [5.74, 6) is 1.53. The van der Waals surface area contributed by atoms with Gasteiger partial charge in [-0.25, -0.2) is 0 Å². The van der Waals surface area contributed by atoms with Crippen LogP contribution in [0.2, 0.25) is 0 Å². The van der Waals surface area contributed by atoms with Crippen LogP contribution in [0.15, 0.2) is 24.3 Å². The molecule has 1 aromatic rings. The molecule has 0 spiro atoms. The number of carbonyl (C=O) groups is 1. The van der Waals surface area contributed by atoms with Crippen molar-refractivity contribution in [1.29, 1.82) is 0 Å². The molecule has 0 bridgehead atoms. The van der Waals surface area contributed by atoms with Gasteiger partial charge in [-0.3, -0.25) is 4.79 Å². The Labute approximate surface area is 118 Å². The fourth-order valence-electron chi connectivity index (χ4n) is 2.42. The van der Waals surface area contributed by atoms with Crippen molar-refractivity contribution < 1.29 is 14.3 Å². The van der Waals surface area contributed by atoms with Gasteiger partial charge in [0.05, 0.1) is 12.1 Å². The lowest BCUT2D eigenvalue weighted by Gasteiger charge is -2.32. The number of carbonyl (C=O) groups excluding carboxylic acids is 1. The summed E-state index contributed by atoms with van der Waals surface area (Å²) >= 11 is 0. The van der Waals surface area contributed by atoms with E-state index in [1.165, 1.54) is 0 Å². The summed E-state index contributed by atoms with van der Waals surface area (Å²) in [5.41, 5.74) is 5.36. The fourth-order valence-corrected chi connectivity index (χ4v) is 2.42. The first kappa shape index (κ1) is 13.2. The third-order valence-corrected chi connectivity index (χ3v) is 3.88. The van der Waals surface area contributed by atoms with E-state index in [9.17, 15) is 4.79 Å². The molecule has 1 aromatic carbocycles. The van der Waals surface area contributed by atoms with E-state index in [2.05, 4.69) is 0 Å². The zero-order valence-corrected chi connectivity index (χ0v) is 11.7. The van der Waals surface area contributed by atoms with Crippen LogP contribution in [0, 0.1) is 0 Å². The van der Waals surface area contributed by atoms with Crippen molar-refractivity contribution in [1.82, 2.24) is 4.90 Å². The quantitative estimate of drug-likeness (QED) is 0.896. The Kier molecular flexibility index (Phi) is 3.30. The number of ether oxygens (including phenoxy) is 2. The van der Waals surface area contributed by atoms with Crippen LogP contribution in [0.4, 0.5) is 0 Å². The van der Waals surface area contributed by atoms with Gasteiger partial charge in [0, 0.05) is 6.54 Å². The Morgan fingerprint density at radius 3 is 2.75 bits per heavy atom. The van der Waals surface area contributed by atoms with Crippen molar-refractivity contribution in [3.63, 3.8) is 0 Å². The zero-order chi connectivity index (χ0) is 14.2. The van der Waals surface area contributed by atoms with E-state index in [0.29, 0.717) is 19.7 Å². The van der Waals surface area contributed by atoms with Gasteiger partial charge in [0.1, 0.15) is 6.61 Å². The van der Waals surface area contributed by atoms with Crippen molar-refractivity contribution >= 4 is 5.91 Å². The monoisotopic (exact) mass is 276 g/mol. The molecule has 0 saturated heterocycles. The molecule has 1 atom stereocenters. The van der Waals surface area contributed by atoms with E-state index in [4.69, 9.17) is 15.2 Å². The second-order valence-corrected chi connectivity index (χ2v) is 5.50. The Balaban J connectivity index is 1.64. The van der Waals surface area contributed by atoms with Crippen LogP contribution >= 0.6 is 0 Å². The van der Waals surface area contributed by atoms with Crippen LogP contribution in [0.5, 0.6) is 11.5 Å². The highest BCUT2D eigenvalue weighted by atomic mass is 16.6. The first-order valence-corrected chi connectivity index (χ1v) is 7.09. The highest BCUT2D eigenvalue weighted by Crippen LogP contribution is 2.35. The van der Waals surface area contributed by atoms with E-state index in [1.54, 1.807) is 4.90 Å². The van der Waals surface area contributed by atoms with Gasteiger partial charge in [-0.05, 0) is 31.9 Å². The standard InChI is InChI=1S/C15H20N2O3/c1-2-17(14(18)15(16)7-8-15)9-11-10-19-12-5-3-4-6-13(12)20-11/h3-6,11H,2,7-10,16H2,1H3. The van der Waals surface area contributed by atoms with Gasteiger partial charge in [0.15, 0.2) is 17.6 Å². The summed E-state index contributed by atoms with van der Waals surface area (Å²) in [6, 6.07) is 7.58. The smallest absolute Gasteiger partial charge is 0.242 e. The number of hydrogen-bond donors (Lipinski definition) is 1. The average Bonchev–Trinajstić information content (AvgIpc) is 3.23. The summed E-state index contributed by atoms with van der Waals surface area (Å²) in [7, 11) is 0. The van der Waals surface area contributed by atoms with Gasteiger partial charge in [-0.15, -0.1) is 0 Å². The molecule has 3 rings (SSSR count). The number of para-hydroxylation sites is 2. The van der Waals surface area contributed by atoms with Gasteiger partial charge in [-0.2, -0.15) is 0 Å². The number of likely N-dealkylation sites (N-methyl/N-ethyl adjacent to an activating group) is 1. The molecule has 2 aliphatic rings. The molecule has 1 aliphatic heterocycles. The molecular formula is C15H20N2O3. The normalized spacial score (nSPS) is 22.2. The number of fused-ring (bicyclic) bond motifs is 1. The molecule has 0 aromatic heterocycles. The molecule has 0 radical (unpaired) electrons. The first-order chi connectivity index (χ1) is 9.62. The minimum Gasteiger partial charge on any atom is -0.486 e. The minimum atomic E-state index is -0.622. The third-order valence-electron chi connectivity index (χ3n) is 3.88. The Bertz CT molecular complexity index is 514.